The van der Waals surface area contributed by atoms with Crippen molar-refractivity contribution in [3.63, 3.8) is 0 Å². The molecular weight excluding hydrogens is 448 g/mol. The molecule has 4 rings (SSSR count). The van der Waals surface area contributed by atoms with Crippen LogP contribution in [0.15, 0.2) is 83.1 Å². The maximum absolute atomic E-state index is 13.2. The highest BCUT2D eigenvalue weighted by Gasteiger charge is 2.27. The highest BCUT2D eigenvalue weighted by Crippen LogP contribution is 2.26. The number of hydrogen-bond donors (Lipinski definition) is 0. The average Bonchev–Trinajstić information content (AvgIpc) is 2.81. The predicted molar refractivity (Wildman–Crippen MR) is 123 cm³/mol. The van der Waals surface area contributed by atoms with Gasteiger partial charge in [0.2, 0.25) is 20.0 Å². The Morgan fingerprint density at radius 1 is 0.656 bits per heavy atom. The molecule has 2 heterocycles. The normalized spacial score (nSPS) is 12.8. The molecule has 2 aromatic heterocycles. The standard InChI is InChI=1S/C22H22N4O4S2/c1-25(31(27,28)21-7-3-5-17-15-23-11-9-19(17)21)13-14-26(2)32(29,30)22-8-4-6-18-16-24-12-10-20(18)22/h3-12,15-16H,13-14H2,1-2H3. The molecule has 0 fully saturated rings. The molecule has 0 bridgehead atoms. The first-order chi connectivity index (χ1) is 15.2. The summed E-state index contributed by atoms with van der Waals surface area (Å²) < 4.78 is 55.1. The van der Waals surface area contributed by atoms with Gasteiger partial charge in [-0.2, -0.15) is 8.61 Å². The zero-order valence-corrected chi connectivity index (χ0v) is 19.2. The van der Waals surface area contributed by atoms with Crippen molar-refractivity contribution in [3.05, 3.63) is 73.3 Å². The van der Waals surface area contributed by atoms with Gasteiger partial charge in [-0.1, -0.05) is 24.3 Å². The number of sulfonamides is 2. The minimum absolute atomic E-state index is 0.00808. The quantitative estimate of drug-likeness (QED) is 0.412. The van der Waals surface area contributed by atoms with E-state index < -0.39 is 20.0 Å². The number of benzene rings is 2. The minimum Gasteiger partial charge on any atom is -0.264 e. The molecule has 0 radical (unpaired) electrons. The van der Waals surface area contributed by atoms with Crippen LogP contribution < -0.4 is 0 Å². The Balaban J connectivity index is 1.57. The van der Waals surface area contributed by atoms with Gasteiger partial charge in [0.1, 0.15) is 0 Å². The first-order valence-corrected chi connectivity index (χ1v) is 12.7. The third-order valence-electron chi connectivity index (χ3n) is 5.39. The van der Waals surface area contributed by atoms with Crippen LogP contribution in [0.4, 0.5) is 0 Å². The Labute approximate surface area is 187 Å². The highest BCUT2D eigenvalue weighted by molar-refractivity contribution is 7.89. The lowest BCUT2D eigenvalue weighted by Gasteiger charge is -2.23. The summed E-state index contributed by atoms with van der Waals surface area (Å²) in [5.41, 5.74) is 0. The van der Waals surface area contributed by atoms with Crippen molar-refractivity contribution in [3.8, 4) is 0 Å². The number of fused-ring (bicyclic) bond motifs is 2. The van der Waals surface area contributed by atoms with Crippen molar-refractivity contribution < 1.29 is 16.8 Å². The topological polar surface area (TPSA) is 101 Å². The lowest BCUT2D eigenvalue weighted by Crippen LogP contribution is -2.37. The second kappa shape index (κ2) is 8.55. The fraction of sp³-hybridized carbons (Fsp3) is 0.182. The van der Waals surface area contributed by atoms with Crippen LogP contribution in [0.5, 0.6) is 0 Å². The molecule has 8 nitrogen and oxygen atoms in total. The fourth-order valence-corrected chi connectivity index (χ4v) is 6.24. The van der Waals surface area contributed by atoms with Crippen LogP contribution in [-0.4, -0.2) is 62.6 Å². The number of nitrogens with zero attached hydrogens (tertiary/aromatic N) is 4. The number of hydrogen-bond acceptors (Lipinski definition) is 6. The number of rotatable bonds is 7. The van der Waals surface area contributed by atoms with Crippen LogP contribution >= 0.6 is 0 Å². The van der Waals surface area contributed by atoms with E-state index in [1.807, 2.05) is 0 Å². The van der Waals surface area contributed by atoms with E-state index in [0.29, 0.717) is 21.5 Å². The third kappa shape index (κ3) is 3.97. The molecule has 0 unspecified atom stereocenters. The van der Waals surface area contributed by atoms with Gasteiger partial charge >= 0.3 is 0 Å². The van der Waals surface area contributed by atoms with Crippen molar-refractivity contribution in [2.24, 2.45) is 0 Å². The summed E-state index contributed by atoms with van der Waals surface area (Å²) in [4.78, 5) is 8.38. The number of likely N-dealkylation sites (N-methyl/N-ethyl adjacent to an activating group) is 2. The predicted octanol–water partition coefficient (Wildman–Crippen LogP) is 2.72. The van der Waals surface area contributed by atoms with Crippen LogP contribution in [-0.2, 0) is 20.0 Å². The Kier molecular flexibility index (Phi) is 5.95. The molecule has 4 aromatic rings. The molecule has 0 N–H and O–H groups in total. The van der Waals surface area contributed by atoms with Gasteiger partial charge in [-0.25, -0.2) is 16.8 Å². The molecule has 0 atom stereocenters. The Bertz CT molecular complexity index is 1380. The molecule has 166 valence electrons. The summed E-state index contributed by atoms with van der Waals surface area (Å²) in [6.07, 6.45) is 6.30. The van der Waals surface area contributed by atoms with Crippen LogP contribution in [0.2, 0.25) is 0 Å². The molecule has 0 spiro atoms. The molecule has 32 heavy (non-hydrogen) atoms. The maximum Gasteiger partial charge on any atom is 0.243 e. The van der Waals surface area contributed by atoms with Gasteiger partial charge in [0.15, 0.2) is 0 Å². The van der Waals surface area contributed by atoms with E-state index in [1.165, 1.54) is 22.7 Å². The van der Waals surface area contributed by atoms with Crippen molar-refractivity contribution in [1.82, 2.24) is 18.6 Å². The van der Waals surface area contributed by atoms with Crippen molar-refractivity contribution in [2.45, 2.75) is 9.79 Å². The second-order valence-electron chi connectivity index (χ2n) is 7.36. The average molecular weight is 471 g/mol. The van der Waals surface area contributed by atoms with Crippen molar-refractivity contribution in [1.29, 1.82) is 0 Å². The second-order valence-corrected chi connectivity index (χ2v) is 11.4. The summed E-state index contributed by atoms with van der Waals surface area (Å²) in [6, 6.07) is 13.3. The molecule has 10 heteroatoms. The molecule has 0 saturated heterocycles. The summed E-state index contributed by atoms with van der Waals surface area (Å²) in [7, 11) is -4.77. The van der Waals surface area contributed by atoms with Gasteiger partial charge in [0.05, 0.1) is 9.79 Å². The zero-order valence-electron chi connectivity index (χ0n) is 17.6. The summed E-state index contributed by atoms with van der Waals surface area (Å²) >= 11 is 0. The van der Waals surface area contributed by atoms with Crippen molar-refractivity contribution >= 4 is 41.6 Å². The van der Waals surface area contributed by atoms with E-state index in [1.54, 1.807) is 73.3 Å². The van der Waals surface area contributed by atoms with E-state index in [2.05, 4.69) is 9.97 Å². The summed E-state index contributed by atoms with van der Waals surface area (Å²) in [6.45, 7) is -0.0162. The van der Waals surface area contributed by atoms with Gasteiger partial charge < -0.3 is 0 Å². The smallest absolute Gasteiger partial charge is 0.243 e. The van der Waals surface area contributed by atoms with Crippen LogP contribution in [0.1, 0.15) is 0 Å². The molecule has 0 amide bonds. The van der Waals surface area contributed by atoms with Crippen molar-refractivity contribution in [2.75, 3.05) is 27.2 Å². The van der Waals surface area contributed by atoms with Crippen LogP contribution in [0.3, 0.4) is 0 Å². The molecule has 0 aliphatic rings. The summed E-state index contributed by atoms with van der Waals surface area (Å²) in [5, 5.41) is 2.57. The Hall–Kier alpha value is -2.92. The van der Waals surface area contributed by atoms with Gasteiger partial charge in [0.25, 0.3) is 0 Å². The maximum atomic E-state index is 13.2. The van der Waals surface area contributed by atoms with Gasteiger partial charge in [0, 0.05) is 73.5 Å². The van der Waals surface area contributed by atoms with E-state index in [9.17, 15) is 16.8 Å². The minimum atomic E-state index is -3.83. The van der Waals surface area contributed by atoms with Crippen LogP contribution in [0, 0.1) is 0 Å². The molecule has 0 aliphatic heterocycles. The van der Waals surface area contributed by atoms with Crippen LogP contribution in [0.25, 0.3) is 21.5 Å². The van der Waals surface area contributed by atoms with E-state index in [4.69, 9.17) is 0 Å². The van der Waals surface area contributed by atoms with E-state index in [-0.39, 0.29) is 22.9 Å². The van der Waals surface area contributed by atoms with Gasteiger partial charge in [-0.15, -0.1) is 0 Å². The molecular formula is C22H22N4O4S2. The largest absolute Gasteiger partial charge is 0.264 e. The zero-order chi connectivity index (χ0) is 22.9. The lowest BCUT2D eigenvalue weighted by molar-refractivity contribution is 0.405. The SMILES string of the molecule is CN(CCN(C)S(=O)(=O)c1cccc2cnccc12)S(=O)(=O)c1cccc2cnccc12. The molecule has 0 saturated carbocycles. The fourth-order valence-electron chi connectivity index (χ4n) is 3.49. The highest BCUT2D eigenvalue weighted by atomic mass is 32.2. The lowest BCUT2D eigenvalue weighted by atomic mass is 10.2. The first kappa shape index (κ1) is 22.3. The van der Waals surface area contributed by atoms with Gasteiger partial charge in [-0.05, 0) is 24.3 Å². The Morgan fingerprint density at radius 3 is 1.47 bits per heavy atom. The molecule has 0 aliphatic carbocycles. The number of aromatic nitrogens is 2. The van der Waals surface area contributed by atoms with E-state index in [0.717, 1.165) is 0 Å². The monoisotopic (exact) mass is 470 g/mol. The Morgan fingerprint density at radius 2 is 1.06 bits per heavy atom. The summed E-state index contributed by atoms with van der Waals surface area (Å²) in [5.74, 6) is 0. The van der Waals surface area contributed by atoms with E-state index >= 15 is 0 Å². The molecule has 2 aromatic carbocycles. The third-order valence-corrected chi connectivity index (χ3v) is 9.22. The number of pyridine rings is 2. The first-order valence-electron chi connectivity index (χ1n) is 9.81. The van der Waals surface area contributed by atoms with Gasteiger partial charge in [-0.3, -0.25) is 9.97 Å².